The number of hydrogen-bond acceptors (Lipinski definition) is 5. The minimum atomic E-state index is -1.30. The van der Waals surface area contributed by atoms with E-state index in [2.05, 4.69) is 6.92 Å². The van der Waals surface area contributed by atoms with Gasteiger partial charge < -0.3 is 19.4 Å². The molecule has 0 saturated heterocycles. The van der Waals surface area contributed by atoms with Crippen molar-refractivity contribution in [2.75, 3.05) is 0 Å². The number of rotatable bonds is 1. The van der Waals surface area contributed by atoms with E-state index in [9.17, 15) is 15.0 Å². The fourth-order valence-electron chi connectivity index (χ4n) is 6.91. The summed E-state index contributed by atoms with van der Waals surface area (Å²) in [5.41, 5.74) is -1.35. The number of aliphatic hydroxyl groups is 2. The summed E-state index contributed by atoms with van der Waals surface area (Å²) in [6.45, 7) is 9.67. The molecular weight excluding hydrogens is 344 g/mol. The van der Waals surface area contributed by atoms with Crippen LogP contribution < -0.4 is 0 Å². The van der Waals surface area contributed by atoms with Crippen LogP contribution in [0, 0.1) is 22.7 Å². The molecule has 150 valence electrons. The molecule has 0 aliphatic heterocycles. The van der Waals surface area contributed by atoms with Crippen LogP contribution in [0.2, 0.25) is 0 Å². The topological polar surface area (TPSA) is 79.9 Å². The number of ether oxygens (including phenoxy) is 1. The Morgan fingerprint density at radius 3 is 2.70 bits per heavy atom. The maximum atomic E-state index is 12.2. The van der Waals surface area contributed by atoms with Crippen LogP contribution in [-0.4, -0.2) is 34.0 Å². The van der Waals surface area contributed by atoms with Gasteiger partial charge in [0.1, 0.15) is 17.5 Å². The molecule has 4 rings (SSSR count). The monoisotopic (exact) mass is 376 g/mol. The van der Waals surface area contributed by atoms with Crippen LogP contribution in [0.3, 0.4) is 0 Å². The minimum Gasteiger partial charge on any atom is -0.469 e. The quantitative estimate of drug-likeness (QED) is 0.734. The Bertz CT molecular complexity index is 752. The predicted octanol–water partition coefficient (Wildman–Crippen LogP) is 3.43. The highest BCUT2D eigenvalue weighted by atomic mass is 16.6. The smallest absolute Gasteiger partial charge is 0.303 e. The van der Waals surface area contributed by atoms with Crippen molar-refractivity contribution in [3.8, 4) is 0 Å². The van der Waals surface area contributed by atoms with Crippen molar-refractivity contribution in [3.63, 3.8) is 0 Å². The molecule has 3 aliphatic rings. The number of furan rings is 1. The summed E-state index contributed by atoms with van der Waals surface area (Å²) in [6, 6.07) is 2.03. The zero-order valence-corrected chi connectivity index (χ0v) is 17.0. The van der Waals surface area contributed by atoms with Crippen LogP contribution in [0.5, 0.6) is 0 Å². The third-order valence-corrected chi connectivity index (χ3v) is 8.45. The maximum Gasteiger partial charge on any atom is 0.303 e. The van der Waals surface area contributed by atoms with Gasteiger partial charge in [-0.1, -0.05) is 27.7 Å². The van der Waals surface area contributed by atoms with Gasteiger partial charge in [-0.05, 0) is 54.1 Å². The summed E-state index contributed by atoms with van der Waals surface area (Å²) in [6.07, 6.45) is 3.11. The van der Waals surface area contributed by atoms with E-state index >= 15 is 0 Å². The van der Waals surface area contributed by atoms with Crippen molar-refractivity contribution in [1.29, 1.82) is 0 Å². The van der Waals surface area contributed by atoms with Crippen LogP contribution in [0.15, 0.2) is 16.7 Å². The second kappa shape index (κ2) is 5.84. The van der Waals surface area contributed by atoms with Gasteiger partial charge in [-0.25, -0.2) is 0 Å². The molecule has 0 bridgehead atoms. The van der Waals surface area contributed by atoms with E-state index in [-0.39, 0.29) is 23.7 Å². The molecule has 1 heterocycles. The van der Waals surface area contributed by atoms with Crippen molar-refractivity contribution in [2.24, 2.45) is 22.7 Å². The zero-order chi connectivity index (χ0) is 19.8. The normalized spacial score (nSPS) is 45.4. The number of carbonyl (C=O) groups excluding carboxylic acids is 1. The van der Waals surface area contributed by atoms with Crippen LogP contribution in [0.1, 0.15) is 71.1 Å². The summed E-state index contributed by atoms with van der Waals surface area (Å²) in [4.78, 5) is 11.9. The standard InChI is InChI=1S/C22H32O5/c1-12-14-7-9-26-17(14)11-16-15(12)10-19(27-13(2)23)22(25)20(3,4)8-6-18(24)21(16,22)5/h7,9,12,15-16,18-19,24-25H,6,8,10-11H2,1-5H3/t12-,15-,16-,18-,19+,21-,22+/m0/s1. The van der Waals surface area contributed by atoms with E-state index in [1.807, 2.05) is 26.8 Å². The van der Waals surface area contributed by atoms with Crippen molar-refractivity contribution >= 4 is 5.97 Å². The van der Waals surface area contributed by atoms with Gasteiger partial charge >= 0.3 is 5.97 Å². The average Bonchev–Trinajstić information content (AvgIpc) is 3.06. The van der Waals surface area contributed by atoms with Gasteiger partial charge in [0.05, 0.1) is 12.4 Å². The first-order valence-electron chi connectivity index (χ1n) is 10.2. The van der Waals surface area contributed by atoms with Gasteiger partial charge in [0.25, 0.3) is 0 Å². The van der Waals surface area contributed by atoms with Gasteiger partial charge in [0.2, 0.25) is 0 Å². The Labute approximate surface area is 161 Å². The number of fused-ring (bicyclic) bond motifs is 4. The first kappa shape index (κ1) is 19.0. The molecule has 5 nitrogen and oxygen atoms in total. The fourth-order valence-corrected chi connectivity index (χ4v) is 6.91. The Balaban J connectivity index is 1.89. The summed E-state index contributed by atoms with van der Waals surface area (Å²) in [7, 11) is 0. The van der Waals surface area contributed by atoms with E-state index in [0.717, 1.165) is 5.76 Å². The van der Waals surface area contributed by atoms with E-state index in [1.54, 1.807) is 6.26 Å². The molecule has 2 fully saturated rings. The summed E-state index contributed by atoms with van der Waals surface area (Å²) >= 11 is 0. The molecule has 0 aromatic carbocycles. The second-order valence-corrected chi connectivity index (χ2v) is 9.88. The zero-order valence-electron chi connectivity index (χ0n) is 17.0. The molecule has 1 aromatic rings. The summed E-state index contributed by atoms with van der Waals surface area (Å²) in [5.74, 6) is 1.10. The third kappa shape index (κ3) is 2.27. The molecule has 27 heavy (non-hydrogen) atoms. The second-order valence-electron chi connectivity index (χ2n) is 9.88. The molecule has 2 N–H and O–H groups in total. The SMILES string of the molecule is CC(=O)O[C@@H]1C[C@H]2[C@@H](C)c3ccoc3C[C@@H]2[C@@]2(C)[C@@H](O)CCC(C)(C)[C@]12O. The Morgan fingerprint density at radius 1 is 1.33 bits per heavy atom. The van der Waals surface area contributed by atoms with Crippen molar-refractivity contribution in [2.45, 2.75) is 84.0 Å². The largest absolute Gasteiger partial charge is 0.469 e. The van der Waals surface area contributed by atoms with Crippen LogP contribution in [-0.2, 0) is 16.0 Å². The molecule has 2 saturated carbocycles. The molecule has 0 spiro atoms. The number of carbonyl (C=O) groups is 1. The fraction of sp³-hybridized carbons (Fsp3) is 0.773. The lowest BCUT2D eigenvalue weighted by Crippen LogP contribution is -2.76. The summed E-state index contributed by atoms with van der Waals surface area (Å²) < 4.78 is 11.5. The molecule has 1 aromatic heterocycles. The van der Waals surface area contributed by atoms with Crippen molar-refractivity contribution in [1.82, 2.24) is 0 Å². The average molecular weight is 376 g/mol. The van der Waals surface area contributed by atoms with Crippen molar-refractivity contribution in [3.05, 3.63) is 23.7 Å². The number of esters is 1. The van der Waals surface area contributed by atoms with Gasteiger partial charge in [-0.3, -0.25) is 4.79 Å². The van der Waals surface area contributed by atoms with Crippen molar-refractivity contribution < 1.29 is 24.2 Å². The highest BCUT2D eigenvalue weighted by Crippen LogP contribution is 2.67. The lowest BCUT2D eigenvalue weighted by Gasteiger charge is -2.68. The maximum absolute atomic E-state index is 12.2. The number of hydrogen-bond donors (Lipinski definition) is 2. The van der Waals surface area contributed by atoms with E-state index in [0.29, 0.717) is 25.7 Å². The number of aliphatic hydroxyl groups excluding tert-OH is 1. The van der Waals surface area contributed by atoms with E-state index in [1.165, 1.54) is 12.5 Å². The molecule has 0 radical (unpaired) electrons. The Hall–Kier alpha value is -1.33. The lowest BCUT2D eigenvalue weighted by molar-refractivity contribution is -0.315. The van der Waals surface area contributed by atoms with Gasteiger partial charge in [-0.2, -0.15) is 0 Å². The van der Waals surface area contributed by atoms with E-state index in [4.69, 9.17) is 9.15 Å². The first-order valence-corrected chi connectivity index (χ1v) is 10.2. The van der Waals surface area contributed by atoms with Crippen LogP contribution in [0.25, 0.3) is 0 Å². The molecule has 7 atom stereocenters. The molecule has 0 unspecified atom stereocenters. The van der Waals surface area contributed by atoms with Crippen LogP contribution in [0.4, 0.5) is 0 Å². The van der Waals surface area contributed by atoms with Gasteiger partial charge in [0.15, 0.2) is 0 Å². The molecule has 5 heteroatoms. The minimum absolute atomic E-state index is 0.0672. The Morgan fingerprint density at radius 2 is 2.04 bits per heavy atom. The lowest BCUT2D eigenvalue weighted by atomic mass is 9.39. The molecule has 0 amide bonds. The third-order valence-electron chi connectivity index (χ3n) is 8.45. The molecule has 3 aliphatic carbocycles. The predicted molar refractivity (Wildman–Crippen MR) is 100 cm³/mol. The highest BCUT2D eigenvalue weighted by Gasteiger charge is 2.73. The van der Waals surface area contributed by atoms with Crippen LogP contribution >= 0.6 is 0 Å². The first-order chi connectivity index (χ1) is 12.5. The van der Waals surface area contributed by atoms with Gasteiger partial charge in [0, 0.05) is 18.8 Å². The van der Waals surface area contributed by atoms with Gasteiger partial charge in [-0.15, -0.1) is 0 Å². The Kier molecular flexibility index (Phi) is 4.11. The van der Waals surface area contributed by atoms with E-state index < -0.39 is 28.6 Å². The molecular formula is C22H32O5. The highest BCUT2D eigenvalue weighted by molar-refractivity contribution is 5.66. The summed E-state index contributed by atoms with van der Waals surface area (Å²) in [5, 5.41) is 23.4.